The third kappa shape index (κ3) is 5.78. The molecular weight excluding hydrogens is 394 g/mol. The fraction of sp³-hybridized carbons (Fsp3) is 0.300. The molecule has 0 aliphatic rings. The number of pyridine rings is 1. The van der Waals surface area contributed by atoms with Crippen molar-refractivity contribution in [3.63, 3.8) is 0 Å². The van der Waals surface area contributed by atoms with Gasteiger partial charge in [0.05, 0.1) is 29.3 Å². The van der Waals surface area contributed by atoms with E-state index in [-0.39, 0.29) is 6.61 Å². The van der Waals surface area contributed by atoms with Crippen LogP contribution in [0.25, 0.3) is 0 Å². The highest BCUT2D eigenvalue weighted by Crippen LogP contribution is 2.29. The number of aryl methyl sites for hydroxylation is 1. The molecular formula is C20H22BrN3O2. The van der Waals surface area contributed by atoms with Crippen LogP contribution in [0.2, 0.25) is 0 Å². The van der Waals surface area contributed by atoms with Gasteiger partial charge in [-0.2, -0.15) is 0 Å². The van der Waals surface area contributed by atoms with Crippen LogP contribution >= 0.6 is 15.9 Å². The average molecular weight is 416 g/mol. The van der Waals surface area contributed by atoms with Gasteiger partial charge in [0.15, 0.2) is 6.61 Å². The minimum Gasteiger partial charge on any atom is -0.497 e. The predicted octanol–water partition coefficient (Wildman–Crippen LogP) is 4.20. The van der Waals surface area contributed by atoms with E-state index >= 15 is 0 Å². The van der Waals surface area contributed by atoms with Gasteiger partial charge < -0.3 is 14.4 Å². The maximum atomic E-state index is 5.67. The molecule has 0 saturated heterocycles. The van der Waals surface area contributed by atoms with Gasteiger partial charge in [0.2, 0.25) is 5.88 Å². The highest BCUT2D eigenvalue weighted by molar-refractivity contribution is 9.10. The summed E-state index contributed by atoms with van der Waals surface area (Å²) in [5, 5.41) is 0. The van der Waals surface area contributed by atoms with Crippen LogP contribution < -0.4 is 9.47 Å². The zero-order chi connectivity index (χ0) is 18.9. The Bertz CT molecular complexity index is 823. The smallest absolute Gasteiger partial charge is 0.229 e. The molecule has 0 radical (unpaired) electrons. The van der Waals surface area contributed by atoms with E-state index in [4.69, 9.17) is 9.47 Å². The molecule has 5 nitrogen and oxygen atoms in total. The molecule has 0 spiro atoms. The van der Waals surface area contributed by atoms with Crippen molar-refractivity contribution < 1.29 is 9.47 Å². The number of halogens is 1. The minimum absolute atomic E-state index is 0.248. The summed E-state index contributed by atoms with van der Waals surface area (Å²) in [6, 6.07) is 9.46. The number of nitrogens with zero attached hydrogens (tertiary/aromatic N) is 3. The summed E-state index contributed by atoms with van der Waals surface area (Å²) in [6.45, 7) is 5.11. The number of ether oxygens (including phenoxy) is 2. The fourth-order valence-electron chi connectivity index (χ4n) is 1.94. The standard InChI is InChI=1S/C20H22BrN3O2/c1-5-24(3)14-22-19-13-18(21)20(23-15(19)2)26-12-6-7-16-8-10-17(25-4)11-9-16/h8-11,13-14H,5,12H2,1-4H3/b22-14+. The van der Waals surface area contributed by atoms with Gasteiger partial charge in [-0.1, -0.05) is 11.8 Å². The van der Waals surface area contributed by atoms with Crippen molar-refractivity contribution in [2.24, 2.45) is 4.99 Å². The number of hydrogen-bond donors (Lipinski definition) is 0. The number of hydrogen-bond acceptors (Lipinski definition) is 4. The van der Waals surface area contributed by atoms with E-state index in [0.29, 0.717) is 5.88 Å². The van der Waals surface area contributed by atoms with Crippen LogP contribution in [0.4, 0.5) is 5.69 Å². The lowest BCUT2D eigenvalue weighted by atomic mass is 10.2. The number of methoxy groups -OCH3 is 1. The predicted molar refractivity (Wildman–Crippen MR) is 108 cm³/mol. The fourth-order valence-corrected chi connectivity index (χ4v) is 2.36. The quantitative estimate of drug-likeness (QED) is 0.402. The molecule has 0 fully saturated rings. The van der Waals surface area contributed by atoms with Crippen LogP contribution in [0, 0.1) is 18.8 Å². The summed E-state index contributed by atoms with van der Waals surface area (Å²) in [4.78, 5) is 10.9. The van der Waals surface area contributed by atoms with E-state index in [2.05, 4.69) is 44.7 Å². The number of rotatable bonds is 6. The topological polar surface area (TPSA) is 47.0 Å². The van der Waals surface area contributed by atoms with Crippen molar-refractivity contribution in [2.45, 2.75) is 13.8 Å². The van der Waals surface area contributed by atoms with Crippen molar-refractivity contribution in [1.82, 2.24) is 9.88 Å². The van der Waals surface area contributed by atoms with Crippen LogP contribution in [0.15, 0.2) is 39.8 Å². The summed E-state index contributed by atoms with van der Waals surface area (Å²) in [7, 11) is 3.61. The van der Waals surface area contributed by atoms with Crippen molar-refractivity contribution in [1.29, 1.82) is 0 Å². The van der Waals surface area contributed by atoms with Gasteiger partial charge in [-0.25, -0.2) is 9.98 Å². The zero-order valence-corrected chi connectivity index (χ0v) is 17.0. The second-order valence-corrected chi connectivity index (χ2v) is 6.37. The molecule has 0 aliphatic carbocycles. The van der Waals surface area contributed by atoms with Crippen LogP contribution in [0.5, 0.6) is 11.6 Å². The molecule has 2 rings (SSSR count). The highest BCUT2D eigenvalue weighted by Gasteiger charge is 2.07. The van der Waals surface area contributed by atoms with E-state index in [1.165, 1.54) is 0 Å². The van der Waals surface area contributed by atoms with Gasteiger partial charge in [-0.05, 0) is 60.1 Å². The van der Waals surface area contributed by atoms with Crippen LogP contribution in [-0.2, 0) is 0 Å². The normalized spacial score (nSPS) is 10.3. The molecule has 1 heterocycles. The Morgan fingerprint density at radius 2 is 2.04 bits per heavy atom. The summed E-state index contributed by atoms with van der Waals surface area (Å²) >= 11 is 3.48. The minimum atomic E-state index is 0.248. The van der Waals surface area contributed by atoms with Gasteiger partial charge in [0.25, 0.3) is 0 Å². The summed E-state index contributed by atoms with van der Waals surface area (Å²) in [6.07, 6.45) is 1.79. The molecule has 0 bridgehead atoms. The van der Waals surface area contributed by atoms with Gasteiger partial charge >= 0.3 is 0 Å². The molecule has 6 heteroatoms. The first-order valence-electron chi connectivity index (χ1n) is 8.20. The lowest BCUT2D eigenvalue weighted by Gasteiger charge is -2.10. The Morgan fingerprint density at radius 3 is 2.69 bits per heavy atom. The maximum Gasteiger partial charge on any atom is 0.229 e. The molecule has 1 aromatic carbocycles. The summed E-state index contributed by atoms with van der Waals surface area (Å²) < 4.78 is 11.5. The van der Waals surface area contributed by atoms with Crippen molar-refractivity contribution in [3.8, 4) is 23.5 Å². The second-order valence-electron chi connectivity index (χ2n) is 5.52. The SMILES string of the molecule is CCN(C)/C=N/c1cc(Br)c(OCC#Cc2ccc(OC)cc2)nc1C. The third-order valence-electron chi connectivity index (χ3n) is 3.60. The van der Waals surface area contributed by atoms with Gasteiger partial charge in [0, 0.05) is 19.2 Å². The molecule has 0 aliphatic heterocycles. The Balaban J connectivity index is 2.00. The first-order valence-corrected chi connectivity index (χ1v) is 9.00. The Labute approximate surface area is 163 Å². The number of benzene rings is 1. The molecule has 26 heavy (non-hydrogen) atoms. The molecule has 136 valence electrons. The molecule has 0 saturated carbocycles. The third-order valence-corrected chi connectivity index (χ3v) is 4.17. The van der Waals surface area contributed by atoms with Crippen LogP contribution in [0.3, 0.4) is 0 Å². The lowest BCUT2D eigenvalue weighted by Crippen LogP contribution is -2.14. The zero-order valence-electron chi connectivity index (χ0n) is 15.4. The molecule has 1 aromatic heterocycles. The first kappa shape index (κ1) is 19.8. The molecule has 0 unspecified atom stereocenters. The van der Waals surface area contributed by atoms with Crippen molar-refractivity contribution in [2.75, 3.05) is 27.3 Å². The second kappa shape index (κ2) is 9.83. The maximum absolute atomic E-state index is 5.67. The Hall–Kier alpha value is -2.52. The summed E-state index contributed by atoms with van der Waals surface area (Å²) in [5.74, 6) is 7.35. The monoisotopic (exact) mass is 415 g/mol. The largest absolute Gasteiger partial charge is 0.497 e. The summed E-state index contributed by atoms with van der Waals surface area (Å²) in [5.41, 5.74) is 2.50. The number of aromatic nitrogens is 1. The van der Waals surface area contributed by atoms with Crippen LogP contribution in [-0.4, -0.2) is 43.5 Å². The molecule has 0 amide bonds. The van der Waals surface area contributed by atoms with Crippen molar-refractivity contribution >= 4 is 28.0 Å². The average Bonchev–Trinajstić information content (AvgIpc) is 2.66. The van der Waals surface area contributed by atoms with E-state index < -0.39 is 0 Å². The lowest BCUT2D eigenvalue weighted by molar-refractivity contribution is 0.352. The Kier molecular flexibility index (Phi) is 7.49. The van der Waals surface area contributed by atoms with E-state index in [9.17, 15) is 0 Å². The molecule has 2 aromatic rings. The Morgan fingerprint density at radius 1 is 1.31 bits per heavy atom. The van der Waals surface area contributed by atoms with Crippen molar-refractivity contribution in [3.05, 3.63) is 46.1 Å². The van der Waals surface area contributed by atoms with Gasteiger partial charge in [-0.15, -0.1) is 0 Å². The van der Waals surface area contributed by atoms with Gasteiger partial charge in [0.1, 0.15) is 5.75 Å². The molecule has 0 N–H and O–H groups in total. The van der Waals surface area contributed by atoms with Crippen LogP contribution in [0.1, 0.15) is 18.2 Å². The first-order chi connectivity index (χ1) is 12.5. The van der Waals surface area contributed by atoms with E-state index in [1.807, 2.05) is 49.2 Å². The van der Waals surface area contributed by atoms with E-state index in [1.54, 1.807) is 13.4 Å². The van der Waals surface area contributed by atoms with Gasteiger partial charge in [-0.3, -0.25) is 0 Å². The number of aliphatic imine (C=N–C) groups is 1. The molecule has 0 atom stereocenters. The van der Waals surface area contributed by atoms with E-state index in [0.717, 1.165) is 33.7 Å². The highest BCUT2D eigenvalue weighted by atomic mass is 79.9.